The van der Waals surface area contributed by atoms with Crippen LogP contribution in [-0.4, -0.2) is 51.9 Å². The highest BCUT2D eigenvalue weighted by atomic mass is 35.5. The Labute approximate surface area is 169 Å². The molecule has 150 valence electrons. The van der Waals surface area contributed by atoms with E-state index in [4.69, 9.17) is 16.3 Å². The average molecular weight is 404 g/mol. The summed E-state index contributed by atoms with van der Waals surface area (Å²) in [6.45, 7) is 4.47. The molecule has 2 aliphatic rings. The van der Waals surface area contributed by atoms with E-state index in [1.807, 2.05) is 6.07 Å². The third kappa shape index (κ3) is 4.54. The lowest BCUT2D eigenvalue weighted by molar-refractivity contribution is 0.107. The van der Waals surface area contributed by atoms with Crippen LogP contribution in [0, 0.1) is 0 Å². The fourth-order valence-corrected chi connectivity index (χ4v) is 4.15. The molecule has 2 aromatic rings. The van der Waals surface area contributed by atoms with E-state index in [0.29, 0.717) is 30.8 Å². The van der Waals surface area contributed by atoms with Gasteiger partial charge < -0.3 is 10.1 Å². The highest BCUT2D eigenvalue weighted by molar-refractivity contribution is 6.33. The van der Waals surface area contributed by atoms with E-state index in [2.05, 4.69) is 20.3 Å². The number of anilines is 1. The average Bonchev–Trinajstić information content (AvgIpc) is 2.72. The number of likely N-dealkylation sites (tertiary alicyclic amines) is 1. The van der Waals surface area contributed by atoms with Crippen molar-refractivity contribution in [3.63, 3.8) is 0 Å². The number of hydrogen-bond acceptors (Lipinski definition) is 6. The molecule has 4 rings (SSSR count). The first-order valence-corrected chi connectivity index (χ1v) is 10.3. The molecule has 0 bridgehead atoms. The maximum atomic E-state index is 12.4. The SMILES string of the molecule is O=c1cc2c(nn1CCN1CCCCC1CNc1ccncc1Cl)CCOC2. The topological polar surface area (TPSA) is 72.3 Å². The summed E-state index contributed by atoms with van der Waals surface area (Å²) in [7, 11) is 0. The number of halogens is 1. The Hall–Kier alpha value is -1.96. The van der Waals surface area contributed by atoms with E-state index in [9.17, 15) is 4.79 Å². The van der Waals surface area contributed by atoms with Crippen molar-refractivity contribution in [3.05, 3.63) is 51.2 Å². The third-order valence-corrected chi connectivity index (χ3v) is 5.85. The fraction of sp³-hybridized carbons (Fsp3) is 0.550. The summed E-state index contributed by atoms with van der Waals surface area (Å²) < 4.78 is 7.03. The van der Waals surface area contributed by atoms with E-state index >= 15 is 0 Å². The summed E-state index contributed by atoms with van der Waals surface area (Å²) in [4.78, 5) is 18.9. The first-order valence-electron chi connectivity index (χ1n) is 9.96. The van der Waals surface area contributed by atoms with Crippen molar-refractivity contribution in [1.29, 1.82) is 0 Å². The van der Waals surface area contributed by atoms with Gasteiger partial charge in [-0.25, -0.2) is 4.68 Å². The zero-order valence-corrected chi connectivity index (χ0v) is 16.7. The predicted molar refractivity (Wildman–Crippen MR) is 109 cm³/mol. The molecule has 8 heteroatoms. The molecule has 0 aliphatic carbocycles. The van der Waals surface area contributed by atoms with Gasteiger partial charge in [0.25, 0.3) is 5.56 Å². The lowest BCUT2D eigenvalue weighted by atomic mass is 10.0. The van der Waals surface area contributed by atoms with Crippen LogP contribution in [-0.2, 0) is 24.3 Å². The molecule has 1 atom stereocenters. The lowest BCUT2D eigenvalue weighted by Gasteiger charge is -2.36. The number of nitrogens with one attached hydrogen (secondary N) is 1. The Morgan fingerprint density at radius 2 is 2.25 bits per heavy atom. The summed E-state index contributed by atoms with van der Waals surface area (Å²) in [6, 6.07) is 4.00. The van der Waals surface area contributed by atoms with Crippen molar-refractivity contribution in [1.82, 2.24) is 19.7 Å². The lowest BCUT2D eigenvalue weighted by Crippen LogP contribution is -2.45. The van der Waals surface area contributed by atoms with Crippen LogP contribution in [0.4, 0.5) is 5.69 Å². The molecule has 0 spiro atoms. The fourth-order valence-electron chi connectivity index (χ4n) is 3.97. The Morgan fingerprint density at radius 3 is 3.14 bits per heavy atom. The molecule has 0 aromatic carbocycles. The number of fused-ring (bicyclic) bond motifs is 1. The number of nitrogens with zero attached hydrogens (tertiary/aromatic N) is 4. The second-order valence-electron chi connectivity index (χ2n) is 7.40. The van der Waals surface area contributed by atoms with Crippen LogP contribution < -0.4 is 10.9 Å². The first kappa shape index (κ1) is 19.4. The summed E-state index contributed by atoms with van der Waals surface area (Å²) in [5.41, 5.74) is 2.80. The highest BCUT2D eigenvalue weighted by Crippen LogP contribution is 2.22. The van der Waals surface area contributed by atoms with Crippen LogP contribution >= 0.6 is 11.6 Å². The Kier molecular flexibility index (Phi) is 6.24. The molecule has 0 amide bonds. The molecule has 1 fully saturated rings. The van der Waals surface area contributed by atoms with Crippen LogP contribution in [0.3, 0.4) is 0 Å². The largest absolute Gasteiger partial charge is 0.382 e. The monoisotopic (exact) mass is 403 g/mol. The van der Waals surface area contributed by atoms with Crippen LogP contribution in [0.2, 0.25) is 5.02 Å². The van der Waals surface area contributed by atoms with Crippen molar-refractivity contribution in [2.75, 3.05) is 31.6 Å². The van der Waals surface area contributed by atoms with Crippen LogP contribution in [0.25, 0.3) is 0 Å². The zero-order chi connectivity index (χ0) is 19.3. The van der Waals surface area contributed by atoms with Gasteiger partial charge in [0.05, 0.1) is 36.2 Å². The van der Waals surface area contributed by atoms with Crippen molar-refractivity contribution in [2.24, 2.45) is 0 Å². The molecule has 1 unspecified atom stereocenters. The maximum Gasteiger partial charge on any atom is 0.267 e. The predicted octanol–water partition coefficient (Wildman–Crippen LogP) is 2.33. The number of rotatable bonds is 6. The van der Waals surface area contributed by atoms with Gasteiger partial charge in [-0.05, 0) is 25.5 Å². The molecular formula is C20H26ClN5O2. The maximum absolute atomic E-state index is 12.4. The van der Waals surface area contributed by atoms with Gasteiger partial charge in [0.15, 0.2) is 0 Å². The van der Waals surface area contributed by atoms with E-state index in [1.54, 1.807) is 23.1 Å². The number of piperidine rings is 1. The minimum atomic E-state index is -0.0421. The molecule has 1 saturated heterocycles. The molecule has 28 heavy (non-hydrogen) atoms. The van der Waals surface area contributed by atoms with E-state index < -0.39 is 0 Å². The van der Waals surface area contributed by atoms with Gasteiger partial charge in [0.2, 0.25) is 0 Å². The number of ether oxygens (including phenoxy) is 1. The minimum absolute atomic E-state index is 0.0421. The van der Waals surface area contributed by atoms with Crippen molar-refractivity contribution in [2.45, 2.75) is 44.9 Å². The van der Waals surface area contributed by atoms with Gasteiger partial charge in [0.1, 0.15) is 0 Å². The standard InChI is InChI=1S/C20H26ClN5O2/c21-17-13-22-6-4-19(17)23-12-16-3-1-2-7-25(16)8-9-26-20(27)11-15-14-28-10-5-18(15)24-26/h4,6,11,13,16H,1-3,5,7-10,12,14H2,(H,22,23). The van der Waals surface area contributed by atoms with Crippen molar-refractivity contribution >= 4 is 17.3 Å². The van der Waals surface area contributed by atoms with Crippen molar-refractivity contribution in [3.8, 4) is 0 Å². The molecule has 2 aromatic heterocycles. The van der Waals surface area contributed by atoms with Gasteiger partial charge in [-0.1, -0.05) is 18.0 Å². The highest BCUT2D eigenvalue weighted by Gasteiger charge is 2.23. The second-order valence-corrected chi connectivity index (χ2v) is 7.81. The Balaban J connectivity index is 1.38. The summed E-state index contributed by atoms with van der Waals surface area (Å²) in [6.07, 6.45) is 7.73. The van der Waals surface area contributed by atoms with E-state index in [1.165, 1.54) is 12.8 Å². The van der Waals surface area contributed by atoms with Gasteiger partial charge in [-0.3, -0.25) is 14.7 Å². The zero-order valence-electron chi connectivity index (χ0n) is 15.9. The summed E-state index contributed by atoms with van der Waals surface area (Å²) in [5, 5.41) is 8.67. The van der Waals surface area contributed by atoms with E-state index in [-0.39, 0.29) is 5.56 Å². The third-order valence-electron chi connectivity index (χ3n) is 5.55. The number of aromatic nitrogens is 3. The van der Waals surface area contributed by atoms with Gasteiger partial charge in [-0.15, -0.1) is 0 Å². The quantitative estimate of drug-likeness (QED) is 0.798. The normalized spacial score (nSPS) is 20.0. The van der Waals surface area contributed by atoms with E-state index in [0.717, 1.165) is 49.4 Å². The molecule has 0 saturated carbocycles. The van der Waals surface area contributed by atoms with Crippen LogP contribution in [0.5, 0.6) is 0 Å². The Morgan fingerprint density at radius 1 is 1.32 bits per heavy atom. The molecule has 7 nitrogen and oxygen atoms in total. The van der Waals surface area contributed by atoms with Crippen molar-refractivity contribution < 1.29 is 4.74 Å². The molecule has 2 aliphatic heterocycles. The van der Waals surface area contributed by atoms with Gasteiger partial charge in [-0.2, -0.15) is 5.10 Å². The van der Waals surface area contributed by atoms with Gasteiger partial charge in [0, 0.05) is 49.6 Å². The van der Waals surface area contributed by atoms with Crippen LogP contribution in [0.1, 0.15) is 30.5 Å². The molecule has 4 heterocycles. The van der Waals surface area contributed by atoms with Crippen LogP contribution in [0.15, 0.2) is 29.3 Å². The molecular weight excluding hydrogens is 378 g/mol. The summed E-state index contributed by atoms with van der Waals surface area (Å²) >= 11 is 6.20. The Bertz CT molecular complexity index is 872. The molecule has 0 radical (unpaired) electrons. The molecule has 1 N–H and O–H groups in total. The van der Waals surface area contributed by atoms with Gasteiger partial charge >= 0.3 is 0 Å². The second kappa shape index (κ2) is 9.03. The summed E-state index contributed by atoms with van der Waals surface area (Å²) in [5.74, 6) is 0. The number of pyridine rings is 1. The minimum Gasteiger partial charge on any atom is -0.382 e. The number of hydrogen-bond donors (Lipinski definition) is 1. The smallest absolute Gasteiger partial charge is 0.267 e. The first-order chi connectivity index (χ1) is 13.7.